The van der Waals surface area contributed by atoms with Crippen LogP contribution in [0.2, 0.25) is 0 Å². The summed E-state index contributed by atoms with van der Waals surface area (Å²) in [6.07, 6.45) is 2.30. The molecule has 1 heterocycles. The molecule has 1 aliphatic heterocycles. The minimum atomic E-state index is 0.381. The lowest BCUT2D eigenvalue weighted by Crippen LogP contribution is -2.36. The Morgan fingerprint density at radius 2 is 2.06 bits per heavy atom. The number of nitrogen functional groups attached to an aromatic ring is 1. The van der Waals surface area contributed by atoms with E-state index in [0.717, 1.165) is 44.8 Å². The second kappa shape index (κ2) is 5.72. The van der Waals surface area contributed by atoms with Crippen LogP contribution in [0.1, 0.15) is 30.9 Å². The Hall–Kier alpha value is -1.06. The molecule has 0 spiro atoms. The molecule has 100 valence electrons. The van der Waals surface area contributed by atoms with Gasteiger partial charge in [0.2, 0.25) is 0 Å². The van der Waals surface area contributed by atoms with Crippen molar-refractivity contribution in [2.75, 3.05) is 25.5 Å². The molecule has 1 aromatic carbocycles. The Bertz CT molecular complexity index is 397. The molecule has 0 aromatic heterocycles. The van der Waals surface area contributed by atoms with Crippen LogP contribution in [0.4, 0.5) is 5.69 Å². The van der Waals surface area contributed by atoms with Gasteiger partial charge in [0.15, 0.2) is 0 Å². The summed E-state index contributed by atoms with van der Waals surface area (Å²) in [4.78, 5) is 0. The Kier molecular flexibility index (Phi) is 4.25. The molecule has 18 heavy (non-hydrogen) atoms. The van der Waals surface area contributed by atoms with Gasteiger partial charge in [-0.1, -0.05) is 19.1 Å². The highest BCUT2D eigenvalue weighted by atomic mass is 16.5. The van der Waals surface area contributed by atoms with Gasteiger partial charge in [0.25, 0.3) is 0 Å². The molecule has 0 bridgehead atoms. The van der Waals surface area contributed by atoms with E-state index in [1.807, 2.05) is 12.1 Å². The molecule has 2 rings (SSSR count). The second-order valence-corrected chi connectivity index (χ2v) is 5.66. The summed E-state index contributed by atoms with van der Waals surface area (Å²) in [5, 5.41) is 3.57. The number of ether oxygens (including phenoxy) is 1. The first-order valence-electron chi connectivity index (χ1n) is 6.73. The topological polar surface area (TPSA) is 47.3 Å². The number of rotatable bonds is 4. The van der Waals surface area contributed by atoms with Crippen molar-refractivity contribution in [2.24, 2.45) is 5.41 Å². The van der Waals surface area contributed by atoms with E-state index in [0.29, 0.717) is 5.41 Å². The van der Waals surface area contributed by atoms with E-state index in [1.54, 1.807) is 0 Å². The average molecular weight is 248 g/mol. The number of anilines is 1. The highest BCUT2D eigenvalue weighted by molar-refractivity contribution is 5.49. The largest absolute Gasteiger partial charge is 0.399 e. The lowest BCUT2D eigenvalue weighted by molar-refractivity contribution is 0.0240. The van der Waals surface area contributed by atoms with Gasteiger partial charge in [0.05, 0.1) is 0 Å². The van der Waals surface area contributed by atoms with Gasteiger partial charge in [-0.05, 0) is 42.4 Å². The molecular formula is C15H24N2O. The van der Waals surface area contributed by atoms with Crippen LogP contribution in [0.15, 0.2) is 18.2 Å². The summed E-state index contributed by atoms with van der Waals surface area (Å²) >= 11 is 0. The molecule has 3 heteroatoms. The van der Waals surface area contributed by atoms with Crippen LogP contribution in [0, 0.1) is 12.3 Å². The third-order valence-corrected chi connectivity index (χ3v) is 4.06. The fourth-order valence-electron chi connectivity index (χ4n) is 2.43. The van der Waals surface area contributed by atoms with Crippen LogP contribution in [0.5, 0.6) is 0 Å². The monoisotopic (exact) mass is 248 g/mol. The van der Waals surface area contributed by atoms with Crippen LogP contribution in [0.3, 0.4) is 0 Å². The fraction of sp³-hybridized carbons (Fsp3) is 0.600. The van der Waals surface area contributed by atoms with Gasteiger partial charge < -0.3 is 15.8 Å². The quantitative estimate of drug-likeness (QED) is 0.805. The molecular weight excluding hydrogens is 224 g/mol. The van der Waals surface area contributed by atoms with E-state index in [2.05, 4.69) is 25.2 Å². The lowest BCUT2D eigenvalue weighted by Gasteiger charge is -2.33. The number of hydrogen-bond acceptors (Lipinski definition) is 3. The zero-order valence-corrected chi connectivity index (χ0v) is 11.5. The Labute approximate surface area is 110 Å². The molecule has 1 aromatic rings. The molecule has 3 N–H and O–H groups in total. The van der Waals surface area contributed by atoms with Crippen molar-refractivity contribution in [3.8, 4) is 0 Å². The molecule has 1 aliphatic rings. The van der Waals surface area contributed by atoms with Gasteiger partial charge in [-0.2, -0.15) is 0 Å². The van der Waals surface area contributed by atoms with Gasteiger partial charge in [0, 0.05) is 32.0 Å². The van der Waals surface area contributed by atoms with Crippen LogP contribution in [-0.2, 0) is 11.3 Å². The van der Waals surface area contributed by atoms with Crippen molar-refractivity contribution in [3.63, 3.8) is 0 Å². The van der Waals surface area contributed by atoms with Gasteiger partial charge in [-0.15, -0.1) is 0 Å². The fourth-order valence-corrected chi connectivity index (χ4v) is 2.43. The predicted octanol–water partition coefficient (Wildman–Crippen LogP) is 2.48. The van der Waals surface area contributed by atoms with Gasteiger partial charge in [0.1, 0.15) is 0 Å². The maximum Gasteiger partial charge on any atom is 0.0471 e. The molecule has 0 amide bonds. The Balaban J connectivity index is 1.86. The zero-order valence-electron chi connectivity index (χ0n) is 11.5. The van der Waals surface area contributed by atoms with E-state index in [1.165, 1.54) is 11.1 Å². The summed E-state index contributed by atoms with van der Waals surface area (Å²) in [5.41, 5.74) is 9.67. The number of benzene rings is 1. The molecule has 1 saturated heterocycles. The normalized spacial score (nSPS) is 18.8. The summed E-state index contributed by atoms with van der Waals surface area (Å²) in [7, 11) is 0. The SMILES string of the molecule is Cc1c(N)cccc1CNCC1(C)CCOCC1. The minimum Gasteiger partial charge on any atom is -0.399 e. The molecule has 0 aliphatic carbocycles. The summed E-state index contributed by atoms with van der Waals surface area (Å²) in [6.45, 7) is 8.17. The van der Waals surface area contributed by atoms with Crippen molar-refractivity contribution in [1.82, 2.24) is 5.32 Å². The number of nitrogens with one attached hydrogen (secondary N) is 1. The van der Waals surface area contributed by atoms with Crippen molar-refractivity contribution in [1.29, 1.82) is 0 Å². The Morgan fingerprint density at radius 1 is 1.33 bits per heavy atom. The first-order valence-corrected chi connectivity index (χ1v) is 6.73. The third kappa shape index (κ3) is 3.24. The average Bonchev–Trinajstić information content (AvgIpc) is 2.35. The highest BCUT2D eigenvalue weighted by Gasteiger charge is 2.26. The first kappa shape index (κ1) is 13.4. The van der Waals surface area contributed by atoms with Crippen molar-refractivity contribution in [2.45, 2.75) is 33.2 Å². The summed E-state index contributed by atoms with van der Waals surface area (Å²) in [6, 6.07) is 6.12. The maximum atomic E-state index is 5.92. The van der Waals surface area contributed by atoms with Gasteiger partial charge in [-0.3, -0.25) is 0 Å². The molecule has 0 radical (unpaired) electrons. The van der Waals surface area contributed by atoms with Crippen LogP contribution < -0.4 is 11.1 Å². The standard InChI is InChI=1S/C15H24N2O/c1-12-13(4-3-5-14(12)16)10-17-11-15(2)6-8-18-9-7-15/h3-5,17H,6-11,16H2,1-2H3. The smallest absolute Gasteiger partial charge is 0.0471 e. The third-order valence-electron chi connectivity index (χ3n) is 4.06. The Morgan fingerprint density at radius 3 is 2.78 bits per heavy atom. The lowest BCUT2D eigenvalue weighted by atomic mass is 9.82. The first-order chi connectivity index (χ1) is 8.61. The number of hydrogen-bond donors (Lipinski definition) is 2. The maximum absolute atomic E-state index is 5.92. The van der Waals surface area contributed by atoms with E-state index < -0.39 is 0 Å². The van der Waals surface area contributed by atoms with Crippen molar-refractivity contribution in [3.05, 3.63) is 29.3 Å². The highest BCUT2D eigenvalue weighted by Crippen LogP contribution is 2.28. The van der Waals surface area contributed by atoms with E-state index >= 15 is 0 Å². The van der Waals surface area contributed by atoms with Gasteiger partial charge in [-0.25, -0.2) is 0 Å². The predicted molar refractivity (Wildman–Crippen MR) is 75.5 cm³/mol. The van der Waals surface area contributed by atoms with E-state index in [-0.39, 0.29) is 0 Å². The molecule has 1 fully saturated rings. The van der Waals surface area contributed by atoms with Crippen molar-refractivity contribution >= 4 is 5.69 Å². The summed E-state index contributed by atoms with van der Waals surface area (Å²) in [5.74, 6) is 0. The van der Waals surface area contributed by atoms with Crippen LogP contribution in [0.25, 0.3) is 0 Å². The molecule has 0 unspecified atom stereocenters. The molecule has 0 saturated carbocycles. The minimum absolute atomic E-state index is 0.381. The van der Waals surface area contributed by atoms with Gasteiger partial charge >= 0.3 is 0 Å². The van der Waals surface area contributed by atoms with Crippen LogP contribution in [-0.4, -0.2) is 19.8 Å². The van der Waals surface area contributed by atoms with Crippen LogP contribution >= 0.6 is 0 Å². The van der Waals surface area contributed by atoms with E-state index in [9.17, 15) is 0 Å². The van der Waals surface area contributed by atoms with Crippen molar-refractivity contribution < 1.29 is 4.74 Å². The number of nitrogens with two attached hydrogens (primary N) is 1. The zero-order chi connectivity index (χ0) is 13.0. The second-order valence-electron chi connectivity index (χ2n) is 5.66. The van der Waals surface area contributed by atoms with E-state index in [4.69, 9.17) is 10.5 Å². The molecule has 3 nitrogen and oxygen atoms in total. The summed E-state index contributed by atoms with van der Waals surface area (Å²) < 4.78 is 5.42. The molecule has 0 atom stereocenters.